The Morgan fingerprint density at radius 2 is 2.00 bits per heavy atom. The van der Waals surface area contributed by atoms with Gasteiger partial charge in [-0.1, -0.05) is 24.3 Å². The Balaban J connectivity index is 2.40. The summed E-state index contributed by atoms with van der Waals surface area (Å²) in [6, 6.07) is 9.20. The number of hydrogen-bond acceptors (Lipinski definition) is 2. The first-order valence-electron chi connectivity index (χ1n) is 4.70. The Labute approximate surface area is 79.4 Å². The van der Waals surface area contributed by atoms with Gasteiger partial charge in [-0.25, -0.2) is 0 Å². The summed E-state index contributed by atoms with van der Waals surface area (Å²) in [5.41, 5.74) is 8.90. The van der Waals surface area contributed by atoms with Crippen molar-refractivity contribution in [2.24, 2.45) is 5.73 Å². The van der Waals surface area contributed by atoms with E-state index in [0.717, 1.165) is 6.42 Å². The third-order valence-electron chi connectivity index (χ3n) is 2.79. The molecule has 0 heterocycles. The number of benzene rings is 1. The molecule has 0 bridgehead atoms. The van der Waals surface area contributed by atoms with E-state index in [1.807, 2.05) is 0 Å². The molecule has 1 unspecified atom stereocenters. The largest absolute Gasteiger partial charge is 0.326 e. The molecule has 0 saturated heterocycles. The SMILES string of the molecule is CN(C)C1c2ccccc2C[C@@H]1N. The van der Waals surface area contributed by atoms with Gasteiger partial charge in [0.1, 0.15) is 0 Å². The van der Waals surface area contributed by atoms with Crippen LogP contribution in [0.15, 0.2) is 24.3 Å². The summed E-state index contributed by atoms with van der Waals surface area (Å²) in [5.74, 6) is 0. The summed E-state index contributed by atoms with van der Waals surface area (Å²) >= 11 is 0. The lowest BCUT2D eigenvalue weighted by molar-refractivity contribution is 0.273. The van der Waals surface area contributed by atoms with Crippen LogP contribution in [0.3, 0.4) is 0 Å². The van der Waals surface area contributed by atoms with Crippen LogP contribution in [-0.4, -0.2) is 25.0 Å². The molecule has 0 fully saturated rings. The highest BCUT2D eigenvalue weighted by Gasteiger charge is 2.30. The van der Waals surface area contributed by atoms with Gasteiger partial charge in [0.25, 0.3) is 0 Å². The zero-order chi connectivity index (χ0) is 9.42. The van der Waals surface area contributed by atoms with Crippen LogP contribution in [0.1, 0.15) is 17.2 Å². The summed E-state index contributed by atoms with van der Waals surface area (Å²) in [7, 11) is 4.18. The molecule has 2 heteroatoms. The average Bonchev–Trinajstić information content (AvgIpc) is 2.39. The Hall–Kier alpha value is -0.860. The first-order chi connectivity index (χ1) is 6.20. The molecule has 1 aromatic rings. The molecule has 1 aliphatic carbocycles. The highest BCUT2D eigenvalue weighted by Crippen LogP contribution is 2.32. The summed E-state index contributed by atoms with van der Waals surface area (Å²) in [6.07, 6.45) is 1.01. The molecule has 0 amide bonds. The topological polar surface area (TPSA) is 29.3 Å². The molecule has 0 spiro atoms. The van der Waals surface area contributed by atoms with Crippen molar-refractivity contribution < 1.29 is 0 Å². The Morgan fingerprint density at radius 1 is 1.31 bits per heavy atom. The van der Waals surface area contributed by atoms with E-state index < -0.39 is 0 Å². The maximum atomic E-state index is 6.09. The van der Waals surface area contributed by atoms with Gasteiger partial charge in [-0.3, -0.25) is 0 Å². The first kappa shape index (κ1) is 8.73. The number of likely N-dealkylation sites (N-methyl/N-ethyl adjacent to an activating group) is 1. The van der Waals surface area contributed by atoms with Gasteiger partial charge in [-0.15, -0.1) is 0 Å². The molecule has 2 rings (SSSR count). The highest BCUT2D eigenvalue weighted by molar-refractivity contribution is 5.36. The van der Waals surface area contributed by atoms with E-state index in [0.29, 0.717) is 6.04 Å². The van der Waals surface area contributed by atoms with Crippen LogP contribution in [0.2, 0.25) is 0 Å². The summed E-state index contributed by atoms with van der Waals surface area (Å²) in [5, 5.41) is 0. The molecule has 0 saturated carbocycles. The molecular weight excluding hydrogens is 160 g/mol. The minimum atomic E-state index is 0.257. The van der Waals surface area contributed by atoms with Gasteiger partial charge in [-0.05, 0) is 31.6 Å². The van der Waals surface area contributed by atoms with Gasteiger partial charge in [-0.2, -0.15) is 0 Å². The number of fused-ring (bicyclic) bond motifs is 1. The predicted molar refractivity (Wildman–Crippen MR) is 54.5 cm³/mol. The third-order valence-corrected chi connectivity index (χ3v) is 2.79. The third kappa shape index (κ3) is 1.36. The van der Waals surface area contributed by atoms with Gasteiger partial charge < -0.3 is 10.6 Å². The average molecular weight is 176 g/mol. The lowest BCUT2D eigenvalue weighted by Gasteiger charge is -2.24. The van der Waals surface area contributed by atoms with Gasteiger partial charge in [0.15, 0.2) is 0 Å². The minimum absolute atomic E-state index is 0.257. The van der Waals surface area contributed by atoms with Crippen LogP contribution in [0, 0.1) is 0 Å². The van der Waals surface area contributed by atoms with E-state index in [-0.39, 0.29) is 6.04 Å². The smallest absolute Gasteiger partial charge is 0.0499 e. The molecule has 2 atom stereocenters. The van der Waals surface area contributed by atoms with Crippen molar-refractivity contribution in [1.82, 2.24) is 4.90 Å². The number of rotatable bonds is 1. The quantitative estimate of drug-likeness (QED) is 0.696. The summed E-state index contributed by atoms with van der Waals surface area (Å²) < 4.78 is 0. The Kier molecular flexibility index (Phi) is 2.10. The van der Waals surface area contributed by atoms with Gasteiger partial charge in [0.2, 0.25) is 0 Å². The van der Waals surface area contributed by atoms with E-state index in [2.05, 4.69) is 43.3 Å². The Morgan fingerprint density at radius 3 is 2.69 bits per heavy atom. The van der Waals surface area contributed by atoms with Crippen molar-refractivity contribution in [3.63, 3.8) is 0 Å². The fourth-order valence-electron chi connectivity index (χ4n) is 2.27. The molecule has 1 aromatic carbocycles. The van der Waals surface area contributed by atoms with Gasteiger partial charge in [0, 0.05) is 12.1 Å². The fourth-order valence-corrected chi connectivity index (χ4v) is 2.27. The molecule has 0 aromatic heterocycles. The molecule has 13 heavy (non-hydrogen) atoms. The summed E-state index contributed by atoms with van der Waals surface area (Å²) in [6.45, 7) is 0. The molecule has 1 aliphatic rings. The Bertz CT molecular complexity index is 307. The maximum absolute atomic E-state index is 6.09. The van der Waals surface area contributed by atoms with Crippen LogP contribution >= 0.6 is 0 Å². The van der Waals surface area contributed by atoms with E-state index in [1.54, 1.807) is 0 Å². The van der Waals surface area contributed by atoms with Crippen LogP contribution in [0.5, 0.6) is 0 Å². The monoisotopic (exact) mass is 176 g/mol. The zero-order valence-electron chi connectivity index (χ0n) is 8.20. The first-order valence-corrected chi connectivity index (χ1v) is 4.70. The normalized spacial score (nSPS) is 26.5. The van der Waals surface area contributed by atoms with E-state index in [1.165, 1.54) is 11.1 Å². The number of nitrogens with zero attached hydrogens (tertiary/aromatic N) is 1. The van der Waals surface area contributed by atoms with Crippen LogP contribution in [0.4, 0.5) is 0 Å². The maximum Gasteiger partial charge on any atom is 0.0499 e. The number of hydrogen-bond donors (Lipinski definition) is 1. The van der Waals surface area contributed by atoms with E-state index in [9.17, 15) is 0 Å². The van der Waals surface area contributed by atoms with Crippen LogP contribution in [-0.2, 0) is 6.42 Å². The lowest BCUT2D eigenvalue weighted by atomic mass is 10.1. The van der Waals surface area contributed by atoms with Crippen molar-refractivity contribution in [2.75, 3.05) is 14.1 Å². The van der Waals surface area contributed by atoms with E-state index >= 15 is 0 Å². The number of nitrogens with two attached hydrogens (primary N) is 1. The molecule has 0 radical (unpaired) electrons. The standard InChI is InChI=1S/C11H16N2/c1-13(2)11-9-6-4-3-5-8(9)7-10(11)12/h3-6,10-11H,7,12H2,1-2H3/t10-,11?/m0/s1. The lowest BCUT2D eigenvalue weighted by Crippen LogP contribution is -2.34. The fraction of sp³-hybridized carbons (Fsp3) is 0.455. The van der Waals surface area contributed by atoms with Crippen LogP contribution < -0.4 is 5.73 Å². The zero-order valence-corrected chi connectivity index (χ0v) is 8.20. The van der Waals surface area contributed by atoms with Crippen molar-refractivity contribution in [3.8, 4) is 0 Å². The second kappa shape index (κ2) is 3.13. The van der Waals surface area contributed by atoms with Crippen molar-refractivity contribution >= 4 is 0 Å². The van der Waals surface area contributed by atoms with E-state index in [4.69, 9.17) is 5.73 Å². The minimum Gasteiger partial charge on any atom is -0.326 e. The predicted octanol–water partition coefficient (Wildman–Crippen LogP) is 1.17. The van der Waals surface area contributed by atoms with Gasteiger partial charge >= 0.3 is 0 Å². The van der Waals surface area contributed by atoms with Crippen molar-refractivity contribution in [1.29, 1.82) is 0 Å². The summed E-state index contributed by atoms with van der Waals surface area (Å²) in [4.78, 5) is 2.20. The molecule has 0 aliphatic heterocycles. The highest BCUT2D eigenvalue weighted by atomic mass is 15.1. The van der Waals surface area contributed by atoms with Crippen molar-refractivity contribution in [2.45, 2.75) is 18.5 Å². The van der Waals surface area contributed by atoms with Crippen LogP contribution in [0.25, 0.3) is 0 Å². The second-order valence-corrected chi connectivity index (χ2v) is 3.98. The molecule has 2 N–H and O–H groups in total. The molecule has 2 nitrogen and oxygen atoms in total. The molecular formula is C11H16N2. The molecule has 70 valence electrons. The second-order valence-electron chi connectivity index (χ2n) is 3.98. The van der Waals surface area contributed by atoms with Crippen molar-refractivity contribution in [3.05, 3.63) is 35.4 Å². The van der Waals surface area contributed by atoms with Gasteiger partial charge in [0.05, 0.1) is 0 Å².